The Bertz CT molecular complexity index is 736. The summed E-state index contributed by atoms with van der Waals surface area (Å²) in [6.07, 6.45) is 8.80. The fourth-order valence-electron chi connectivity index (χ4n) is 1.86. The van der Waals surface area contributed by atoms with Gasteiger partial charge in [-0.3, -0.25) is 0 Å². The molecule has 1 aliphatic rings. The zero-order valence-corrected chi connectivity index (χ0v) is 13.5. The summed E-state index contributed by atoms with van der Waals surface area (Å²) in [7, 11) is -10.7. The first-order chi connectivity index (χ1) is 10.4. The van der Waals surface area contributed by atoms with Crippen molar-refractivity contribution in [2.45, 2.75) is 4.82 Å². The van der Waals surface area contributed by atoms with E-state index in [2.05, 4.69) is 66.8 Å². The minimum absolute atomic E-state index is 0.575. The molecule has 0 saturated heterocycles. The first-order valence-electron chi connectivity index (χ1n) is 6.38. The molecule has 23 heavy (non-hydrogen) atoms. The summed E-state index contributed by atoms with van der Waals surface area (Å²) in [6.45, 7) is 0. The van der Waals surface area contributed by atoms with Crippen LogP contribution < -0.4 is 4.46 Å². The van der Waals surface area contributed by atoms with E-state index in [1.165, 1.54) is 15.2 Å². The number of benzene rings is 2. The van der Waals surface area contributed by atoms with Crippen molar-refractivity contribution >= 4 is 23.0 Å². The van der Waals surface area contributed by atoms with E-state index in [0.29, 0.717) is 4.82 Å². The van der Waals surface area contributed by atoms with E-state index in [9.17, 15) is 25.2 Å². The van der Waals surface area contributed by atoms with Gasteiger partial charge in [-0.15, -0.1) is 0 Å². The van der Waals surface area contributed by atoms with Crippen molar-refractivity contribution in [2.75, 3.05) is 0 Å². The third-order valence-corrected chi connectivity index (χ3v) is 4.26. The van der Waals surface area contributed by atoms with Gasteiger partial charge in [0.15, 0.2) is 0 Å². The minimum atomic E-state index is -10.7. The number of rotatable bonds is 2. The molecule has 0 nitrogen and oxygen atoms in total. The van der Waals surface area contributed by atoms with Gasteiger partial charge in [-0.1, -0.05) is 0 Å². The van der Waals surface area contributed by atoms with Gasteiger partial charge in [-0.05, 0) is 0 Å². The molecule has 0 spiro atoms. The van der Waals surface area contributed by atoms with Crippen molar-refractivity contribution < 1.29 is 40.1 Å². The van der Waals surface area contributed by atoms with E-state index in [4.69, 9.17) is 0 Å². The fraction of sp³-hybridized carbons (Fsp3) is 0.0667. The maximum atomic E-state index is 9.87. The van der Waals surface area contributed by atoms with E-state index < -0.39 is 7.81 Å². The second-order valence-corrected chi connectivity index (χ2v) is 8.27. The fourth-order valence-corrected chi connectivity index (χ4v) is 3.35. The van der Waals surface area contributed by atoms with Crippen molar-refractivity contribution in [3.8, 4) is 0 Å². The van der Waals surface area contributed by atoms with Gasteiger partial charge in [0.1, 0.15) is 0 Å². The Kier molecular flexibility index (Phi) is 4.44. The molecule has 0 amide bonds. The second kappa shape index (κ2) is 5.66. The summed E-state index contributed by atoms with van der Waals surface area (Å²) >= 11 is 1.11. The van der Waals surface area contributed by atoms with Gasteiger partial charge in [0, 0.05) is 0 Å². The average Bonchev–Trinajstić information content (AvgIpc) is 2.88. The van der Waals surface area contributed by atoms with Crippen molar-refractivity contribution in [3.63, 3.8) is 0 Å². The van der Waals surface area contributed by atoms with Crippen LogP contribution in [0.3, 0.4) is 0 Å². The molecule has 0 bridgehead atoms. The Hall–Kier alpha value is -1.29. The molecule has 0 aliphatic heterocycles. The van der Waals surface area contributed by atoms with Gasteiger partial charge in [-0.2, -0.15) is 0 Å². The van der Waals surface area contributed by atoms with E-state index in [1.807, 2.05) is 0 Å². The van der Waals surface area contributed by atoms with Gasteiger partial charge in [0.2, 0.25) is 0 Å². The standard InChI is InChI=1S/C10H7.C5H5.F6P.Fe/c1-2-6-10-8-4-3-7-9(10)5-1;1-2-4-5-3-1;1-7(2,3,4,5)6;/h1-7H;1-5H;;/q;;-1;. The molecule has 1 aliphatic carbocycles. The van der Waals surface area contributed by atoms with Gasteiger partial charge in [0.25, 0.3) is 0 Å². The topological polar surface area (TPSA) is 0 Å². The molecule has 2 aromatic carbocycles. The predicted octanol–water partition coefficient (Wildman–Crippen LogP) is 6.84. The molecule has 0 heterocycles. The van der Waals surface area contributed by atoms with Gasteiger partial charge in [0.05, 0.1) is 0 Å². The molecule has 0 fully saturated rings. The zero-order chi connectivity index (χ0) is 17.2. The Balaban J connectivity index is 0.000000236. The summed E-state index contributed by atoms with van der Waals surface area (Å²) in [5.74, 6) is 0. The predicted molar refractivity (Wildman–Crippen MR) is 79.2 cm³/mol. The normalized spacial score (nSPS) is 17.7. The van der Waals surface area contributed by atoms with E-state index in [0.717, 1.165) is 15.0 Å². The Morgan fingerprint density at radius 3 is 1.87 bits per heavy atom. The molecular weight excluding hydrogens is 381 g/mol. The van der Waals surface area contributed by atoms with Crippen molar-refractivity contribution in [2.24, 2.45) is 0 Å². The average molecular weight is 393 g/mol. The van der Waals surface area contributed by atoms with Gasteiger partial charge >= 0.3 is 135 Å². The summed E-state index contributed by atoms with van der Waals surface area (Å²) in [4.78, 5) is 0.575. The molecule has 8 heteroatoms. The molecule has 128 valence electrons. The summed E-state index contributed by atoms with van der Waals surface area (Å²) in [6, 6.07) is 15.2. The number of fused-ring (bicyclic) bond motifs is 1. The molecule has 0 unspecified atom stereocenters. The summed E-state index contributed by atoms with van der Waals surface area (Å²) in [5.41, 5.74) is 0. The second-order valence-electron chi connectivity index (χ2n) is 4.71. The Labute approximate surface area is 135 Å². The third-order valence-electron chi connectivity index (χ3n) is 2.65. The Morgan fingerprint density at radius 1 is 0.739 bits per heavy atom. The SMILES string of the molecule is C1=C[CH]([Fe][c]2cccc3ccccc23)C=C1.F[P-](F)(F)(F)(F)F. The van der Waals surface area contributed by atoms with Gasteiger partial charge in [-0.25, -0.2) is 0 Å². The van der Waals surface area contributed by atoms with Crippen LogP contribution in [-0.2, 0) is 15.0 Å². The van der Waals surface area contributed by atoms with Crippen LogP contribution in [0.15, 0.2) is 66.8 Å². The van der Waals surface area contributed by atoms with Crippen LogP contribution in [-0.4, -0.2) is 0 Å². The molecule has 0 saturated carbocycles. The van der Waals surface area contributed by atoms with Crippen molar-refractivity contribution in [3.05, 3.63) is 66.8 Å². The van der Waals surface area contributed by atoms with Gasteiger partial charge < -0.3 is 0 Å². The van der Waals surface area contributed by atoms with Crippen molar-refractivity contribution in [1.29, 1.82) is 0 Å². The van der Waals surface area contributed by atoms with Crippen LogP contribution in [0.2, 0.25) is 4.82 Å². The molecule has 0 N–H and O–H groups in total. The number of halogens is 6. The zero-order valence-electron chi connectivity index (χ0n) is 11.5. The van der Waals surface area contributed by atoms with Crippen LogP contribution in [0.1, 0.15) is 0 Å². The molecule has 2 aromatic rings. The first-order valence-corrected chi connectivity index (χ1v) is 9.60. The molecule has 0 radical (unpaired) electrons. The monoisotopic (exact) mass is 393 g/mol. The molecule has 0 atom stereocenters. The molecule has 3 rings (SSSR count). The van der Waals surface area contributed by atoms with E-state index in [1.54, 1.807) is 0 Å². The number of hydrogen-bond acceptors (Lipinski definition) is 0. The Morgan fingerprint density at radius 2 is 1.26 bits per heavy atom. The quantitative estimate of drug-likeness (QED) is 0.298. The van der Waals surface area contributed by atoms with E-state index in [-0.39, 0.29) is 0 Å². The first kappa shape index (κ1) is 18.1. The summed E-state index contributed by atoms with van der Waals surface area (Å²) < 4.78 is 60.6. The van der Waals surface area contributed by atoms with Crippen LogP contribution in [0.25, 0.3) is 10.8 Å². The van der Waals surface area contributed by atoms with Crippen LogP contribution in [0, 0.1) is 0 Å². The van der Waals surface area contributed by atoms with Crippen LogP contribution >= 0.6 is 7.81 Å². The van der Waals surface area contributed by atoms with Crippen LogP contribution in [0.4, 0.5) is 25.2 Å². The number of allylic oxidation sites excluding steroid dienone is 4. The molecule has 0 aromatic heterocycles. The number of hydrogen-bond donors (Lipinski definition) is 0. The van der Waals surface area contributed by atoms with Crippen molar-refractivity contribution in [1.82, 2.24) is 0 Å². The molecular formula is C15H12F6FeP-. The maximum absolute atomic E-state index is 10.7. The third kappa shape index (κ3) is 7.69. The summed E-state index contributed by atoms with van der Waals surface area (Å²) in [5, 5.41) is 2.73. The van der Waals surface area contributed by atoms with Crippen LogP contribution in [0.5, 0.6) is 0 Å². The van der Waals surface area contributed by atoms with E-state index >= 15 is 0 Å².